The summed E-state index contributed by atoms with van der Waals surface area (Å²) < 4.78 is 15.9. The third-order valence-corrected chi connectivity index (χ3v) is 3.04. The van der Waals surface area contributed by atoms with Gasteiger partial charge in [-0.05, 0) is 62.3 Å². The first-order valence-corrected chi connectivity index (χ1v) is 9.42. The van der Waals surface area contributed by atoms with Crippen LogP contribution >= 0.6 is 0 Å². The molecule has 168 valence electrons. The van der Waals surface area contributed by atoms with E-state index in [0.29, 0.717) is 4.90 Å². The molecule has 3 amide bonds. The number of amides is 3. The van der Waals surface area contributed by atoms with Crippen molar-refractivity contribution in [1.82, 2.24) is 9.80 Å². The summed E-state index contributed by atoms with van der Waals surface area (Å²) in [7, 11) is 3.00. The predicted molar refractivity (Wildman–Crippen MR) is 107 cm³/mol. The Balaban J connectivity index is 6.20. The lowest BCUT2D eigenvalue weighted by Gasteiger charge is -2.33. The number of rotatable bonds is 4. The lowest BCUT2D eigenvalue weighted by molar-refractivity contribution is -0.162. The number of hydrogen-bond acceptors (Lipinski definition) is 7. The third kappa shape index (κ3) is 10.7. The molecule has 0 fully saturated rings. The number of hydrogen-bond donors (Lipinski definition) is 0. The molecule has 0 saturated heterocycles. The van der Waals surface area contributed by atoms with Crippen LogP contribution in [0.1, 0.15) is 68.7 Å². The molecule has 0 aromatic heterocycles. The van der Waals surface area contributed by atoms with Gasteiger partial charge in [0.05, 0.1) is 6.42 Å². The Kier molecular flexibility index (Phi) is 8.70. The van der Waals surface area contributed by atoms with Gasteiger partial charge in [0.15, 0.2) is 6.04 Å². The van der Waals surface area contributed by atoms with Crippen molar-refractivity contribution >= 4 is 24.1 Å². The summed E-state index contributed by atoms with van der Waals surface area (Å²) in [6.07, 6.45) is -2.68. The number of carbonyl (C=O) groups excluding carboxylic acids is 4. The zero-order valence-corrected chi connectivity index (χ0v) is 19.5. The largest absolute Gasteiger partial charge is 0.458 e. The second-order valence-corrected chi connectivity index (χ2v) is 9.87. The van der Waals surface area contributed by atoms with Gasteiger partial charge >= 0.3 is 18.2 Å². The lowest BCUT2D eigenvalue weighted by atomic mass is 10.1. The van der Waals surface area contributed by atoms with Gasteiger partial charge in [-0.25, -0.2) is 14.4 Å². The number of esters is 1. The highest BCUT2D eigenvalue weighted by atomic mass is 16.6. The predicted octanol–water partition coefficient (Wildman–Crippen LogP) is 3.35. The van der Waals surface area contributed by atoms with Crippen molar-refractivity contribution in [1.29, 1.82) is 0 Å². The van der Waals surface area contributed by atoms with Crippen LogP contribution in [0.4, 0.5) is 9.59 Å². The minimum absolute atomic E-state index is 0.472. The van der Waals surface area contributed by atoms with E-state index in [-0.39, 0.29) is 0 Å². The summed E-state index contributed by atoms with van der Waals surface area (Å²) in [4.78, 5) is 52.6. The van der Waals surface area contributed by atoms with Crippen LogP contribution in [-0.2, 0) is 23.8 Å². The third-order valence-electron chi connectivity index (χ3n) is 3.04. The van der Waals surface area contributed by atoms with E-state index in [2.05, 4.69) is 0 Å². The zero-order chi connectivity index (χ0) is 23.4. The first kappa shape index (κ1) is 26.7. The number of imide groups is 1. The van der Waals surface area contributed by atoms with Gasteiger partial charge in [0.25, 0.3) is 0 Å². The molecule has 0 aromatic rings. The molecule has 0 rings (SSSR count). The Labute approximate surface area is 173 Å². The Morgan fingerprint density at radius 3 is 1.31 bits per heavy atom. The summed E-state index contributed by atoms with van der Waals surface area (Å²) in [5, 5.41) is 0. The summed E-state index contributed by atoms with van der Waals surface area (Å²) in [6.45, 7) is 14.6. The molecule has 0 aliphatic carbocycles. The molecule has 29 heavy (non-hydrogen) atoms. The first-order chi connectivity index (χ1) is 12.7. The van der Waals surface area contributed by atoms with Crippen LogP contribution in [0.3, 0.4) is 0 Å². The highest BCUT2D eigenvalue weighted by molar-refractivity contribution is 5.96. The summed E-state index contributed by atoms with van der Waals surface area (Å²) >= 11 is 0. The van der Waals surface area contributed by atoms with E-state index in [9.17, 15) is 19.2 Å². The first-order valence-electron chi connectivity index (χ1n) is 9.42. The summed E-state index contributed by atoms with van der Waals surface area (Å²) in [5.74, 6) is -1.39. The van der Waals surface area contributed by atoms with Crippen LogP contribution in [0.15, 0.2) is 0 Å². The summed E-state index contributed by atoms with van der Waals surface area (Å²) in [5.41, 5.74) is -2.78. The molecule has 9 heteroatoms. The molecule has 0 aliphatic heterocycles. The normalized spacial score (nSPS) is 13.2. The van der Waals surface area contributed by atoms with E-state index < -0.39 is 53.3 Å². The molecule has 0 N–H and O–H groups in total. The second kappa shape index (κ2) is 9.45. The summed E-state index contributed by atoms with van der Waals surface area (Å²) in [6, 6.07) is -1.55. The Morgan fingerprint density at radius 1 is 0.690 bits per heavy atom. The van der Waals surface area contributed by atoms with Crippen molar-refractivity contribution in [3.63, 3.8) is 0 Å². The van der Waals surface area contributed by atoms with Crippen molar-refractivity contribution in [3.05, 3.63) is 0 Å². The molecule has 0 spiro atoms. The number of carbonyl (C=O) groups is 4. The van der Waals surface area contributed by atoms with E-state index in [4.69, 9.17) is 14.2 Å². The SMILES string of the molecule is CN(C)C(=O)C[C@@H](C(=O)OC(C)(C)C)N(C(=O)OC(C)(C)C)C(=O)OC(C)(C)C. The van der Waals surface area contributed by atoms with Crippen LogP contribution in [0.25, 0.3) is 0 Å². The minimum Gasteiger partial charge on any atom is -0.458 e. The van der Waals surface area contributed by atoms with Crippen LogP contribution in [-0.4, -0.2) is 70.8 Å². The molecule has 9 nitrogen and oxygen atoms in total. The molecule has 0 bridgehead atoms. The van der Waals surface area contributed by atoms with Crippen molar-refractivity contribution in [2.24, 2.45) is 0 Å². The average Bonchev–Trinajstić information content (AvgIpc) is 2.40. The second-order valence-electron chi connectivity index (χ2n) is 9.87. The van der Waals surface area contributed by atoms with E-state index in [1.807, 2.05) is 0 Å². The van der Waals surface area contributed by atoms with Gasteiger partial charge in [-0.2, -0.15) is 4.90 Å². The highest BCUT2D eigenvalue weighted by Crippen LogP contribution is 2.21. The maximum atomic E-state index is 12.8. The number of nitrogens with zero attached hydrogens (tertiary/aromatic N) is 2. The van der Waals surface area contributed by atoms with Crippen molar-refractivity contribution < 1.29 is 33.4 Å². The van der Waals surface area contributed by atoms with Gasteiger partial charge in [-0.15, -0.1) is 0 Å². The molecular formula is C20H36N2O7. The quantitative estimate of drug-likeness (QED) is 0.511. The monoisotopic (exact) mass is 416 g/mol. The van der Waals surface area contributed by atoms with Gasteiger partial charge < -0.3 is 19.1 Å². The smallest absolute Gasteiger partial charge is 0.420 e. The Hall–Kier alpha value is -2.32. The van der Waals surface area contributed by atoms with Gasteiger partial charge in [0.2, 0.25) is 5.91 Å². The van der Waals surface area contributed by atoms with E-state index in [1.54, 1.807) is 62.3 Å². The fourth-order valence-corrected chi connectivity index (χ4v) is 1.95. The molecule has 0 radical (unpaired) electrons. The van der Waals surface area contributed by atoms with Crippen molar-refractivity contribution in [2.45, 2.75) is 91.6 Å². The van der Waals surface area contributed by atoms with E-state index >= 15 is 0 Å². The standard InChI is InChI=1S/C20H36N2O7/c1-18(2,3)27-15(24)13(12-14(23)21(10)11)22(16(25)28-19(4,5)6)17(26)29-20(7,8)9/h13H,12H2,1-11H3/t13-/m0/s1. The van der Waals surface area contributed by atoms with E-state index in [1.165, 1.54) is 19.0 Å². The van der Waals surface area contributed by atoms with Crippen LogP contribution < -0.4 is 0 Å². The minimum atomic E-state index is -1.55. The fraction of sp³-hybridized carbons (Fsp3) is 0.800. The van der Waals surface area contributed by atoms with Crippen LogP contribution in [0.2, 0.25) is 0 Å². The van der Waals surface area contributed by atoms with Gasteiger partial charge in [-0.3, -0.25) is 4.79 Å². The Bertz CT molecular complexity index is 594. The zero-order valence-electron chi connectivity index (χ0n) is 19.5. The van der Waals surface area contributed by atoms with Gasteiger partial charge in [0.1, 0.15) is 16.8 Å². The number of ether oxygens (including phenoxy) is 3. The Morgan fingerprint density at radius 2 is 1.03 bits per heavy atom. The molecule has 0 heterocycles. The van der Waals surface area contributed by atoms with Gasteiger partial charge in [0, 0.05) is 14.1 Å². The topological polar surface area (TPSA) is 102 Å². The van der Waals surface area contributed by atoms with Crippen molar-refractivity contribution in [2.75, 3.05) is 14.1 Å². The molecule has 0 aromatic carbocycles. The lowest BCUT2D eigenvalue weighted by Crippen LogP contribution is -2.54. The van der Waals surface area contributed by atoms with Crippen LogP contribution in [0.5, 0.6) is 0 Å². The molecule has 0 aliphatic rings. The molecular weight excluding hydrogens is 380 g/mol. The van der Waals surface area contributed by atoms with Crippen LogP contribution in [0, 0.1) is 0 Å². The van der Waals surface area contributed by atoms with Crippen molar-refractivity contribution in [3.8, 4) is 0 Å². The average molecular weight is 417 g/mol. The fourth-order valence-electron chi connectivity index (χ4n) is 1.95. The van der Waals surface area contributed by atoms with E-state index in [0.717, 1.165) is 0 Å². The maximum Gasteiger partial charge on any atom is 0.420 e. The molecule has 1 atom stereocenters. The maximum absolute atomic E-state index is 12.8. The molecule has 0 saturated carbocycles. The highest BCUT2D eigenvalue weighted by Gasteiger charge is 2.43. The van der Waals surface area contributed by atoms with Gasteiger partial charge in [-0.1, -0.05) is 0 Å². The molecule has 0 unspecified atom stereocenters.